The number of hydrogen-bond donors (Lipinski definition) is 1. The van der Waals surface area contributed by atoms with Gasteiger partial charge in [-0.15, -0.1) is 0 Å². The number of anilines is 2. The van der Waals surface area contributed by atoms with Crippen LogP contribution in [0.2, 0.25) is 5.02 Å². The Morgan fingerprint density at radius 3 is 2.73 bits per heavy atom. The lowest BCUT2D eigenvalue weighted by Crippen LogP contribution is -2.28. The first-order valence-electron chi connectivity index (χ1n) is 9.16. The molecule has 7 nitrogen and oxygen atoms in total. The van der Waals surface area contributed by atoms with Crippen molar-refractivity contribution in [3.63, 3.8) is 0 Å². The summed E-state index contributed by atoms with van der Waals surface area (Å²) in [5, 5.41) is 3.16. The van der Waals surface area contributed by atoms with E-state index in [1.165, 1.54) is 12.0 Å². The van der Waals surface area contributed by atoms with Gasteiger partial charge in [-0.2, -0.15) is 0 Å². The second-order valence-corrected chi connectivity index (χ2v) is 8.00. The molecule has 30 heavy (non-hydrogen) atoms. The van der Waals surface area contributed by atoms with Gasteiger partial charge in [-0.05, 0) is 52.7 Å². The molecule has 0 aromatic heterocycles. The van der Waals surface area contributed by atoms with Gasteiger partial charge < -0.3 is 19.7 Å². The molecule has 1 saturated heterocycles. The van der Waals surface area contributed by atoms with Gasteiger partial charge in [-0.3, -0.25) is 14.4 Å². The molecule has 2 amide bonds. The molecule has 2 aromatic rings. The van der Waals surface area contributed by atoms with Gasteiger partial charge in [-0.1, -0.05) is 23.7 Å². The Kier molecular flexibility index (Phi) is 6.99. The highest BCUT2D eigenvalue weighted by atomic mass is 79.9. The zero-order valence-electron chi connectivity index (χ0n) is 16.4. The van der Waals surface area contributed by atoms with Crippen molar-refractivity contribution >= 4 is 56.7 Å². The first-order valence-corrected chi connectivity index (χ1v) is 10.3. The third-order valence-corrected chi connectivity index (χ3v) is 6.17. The SMILES string of the molecule is COc1ccccc1N1C[C@@H](C(=O)OCC(=O)Nc2ccc(Br)c(Cl)c2C)CC1=O. The number of rotatable bonds is 6. The van der Waals surface area contributed by atoms with Crippen molar-refractivity contribution in [3.05, 3.63) is 51.5 Å². The minimum Gasteiger partial charge on any atom is -0.495 e. The minimum atomic E-state index is -0.654. The van der Waals surface area contributed by atoms with Crippen LogP contribution in [-0.2, 0) is 19.1 Å². The fourth-order valence-corrected chi connectivity index (χ4v) is 3.77. The Morgan fingerprint density at radius 2 is 2.00 bits per heavy atom. The molecule has 1 heterocycles. The number of amides is 2. The lowest BCUT2D eigenvalue weighted by Gasteiger charge is -2.19. The molecule has 0 spiro atoms. The molecular weight excluding hydrogens is 476 g/mol. The number of benzene rings is 2. The molecule has 0 aliphatic carbocycles. The number of carbonyl (C=O) groups is 3. The summed E-state index contributed by atoms with van der Waals surface area (Å²) in [5.41, 5.74) is 1.82. The molecule has 0 unspecified atom stereocenters. The Bertz CT molecular complexity index is 997. The summed E-state index contributed by atoms with van der Waals surface area (Å²) in [6, 6.07) is 10.5. The van der Waals surface area contributed by atoms with E-state index >= 15 is 0 Å². The van der Waals surface area contributed by atoms with Crippen LogP contribution in [0.5, 0.6) is 5.75 Å². The monoisotopic (exact) mass is 494 g/mol. The van der Waals surface area contributed by atoms with Gasteiger partial charge in [0.1, 0.15) is 5.75 Å². The molecule has 1 N–H and O–H groups in total. The molecule has 2 aromatic carbocycles. The maximum Gasteiger partial charge on any atom is 0.311 e. The third kappa shape index (κ3) is 4.76. The molecule has 1 atom stereocenters. The molecule has 1 aliphatic rings. The van der Waals surface area contributed by atoms with Crippen LogP contribution in [0.15, 0.2) is 40.9 Å². The standard InChI is InChI=1S/C21H20BrClN2O5/c1-12-15(8-7-14(22)20(12)23)24-18(26)11-30-21(28)13-9-19(27)25(10-13)16-5-3-4-6-17(16)29-2/h3-8,13H,9-11H2,1-2H3,(H,24,26)/t13-/m0/s1. The number of ether oxygens (including phenoxy) is 2. The zero-order chi connectivity index (χ0) is 21.8. The summed E-state index contributed by atoms with van der Waals surface area (Å²) in [7, 11) is 1.52. The van der Waals surface area contributed by atoms with Crippen molar-refractivity contribution in [3.8, 4) is 5.75 Å². The Labute approximate surface area is 187 Å². The first-order chi connectivity index (χ1) is 14.3. The number of nitrogens with one attached hydrogen (secondary N) is 1. The highest BCUT2D eigenvalue weighted by Crippen LogP contribution is 2.33. The van der Waals surface area contributed by atoms with Crippen molar-refractivity contribution in [2.45, 2.75) is 13.3 Å². The summed E-state index contributed by atoms with van der Waals surface area (Å²) in [6.07, 6.45) is 0.0138. The molecule has 0 bridgehead atoms. The van der Waals surface area contributed by atoms with Gasteiger partial charge in [0.15, 0.2) is 6.61 Å². The maximum atomic E-state index is 12.4. The van der Waals surface area contributed by atoms with Crippen molar-refractivity contribution < 1.29 is 23.9 Å². The van der Waals surface area contributed by atoms with Crippen LogP contribution in [0.25, 0.3) is 0 Å². The van der Waals surface area contributed by atoms with E-state index in [1.807, 2.05) is 0 Å². The smallest absolute Gasteiger partial charge is 0.311 e. The molecule has 0 saturated carbocycles. The maximum absolute atomic E-state index is 12.4. The normalized spacial score (nSPS) is 15.8. The Morgan fingerprint density at radius 1 is 1.27 bits per heavy atom. The van der Waals surface area contributed by atoms with E-state index in [4.69, 9.17) is 21.1 Å². The first kappa shape index (κ1) is 22.1. The number of hydrogen-bond acceptors (Lipinski definition) is 5. The molecule has 9 heteroatoms. The van der Waals surface area contributed by atoms with Gasteiger partial charge in [0.05, 0.1) is 23.7 Å². The molecule has 0 radical (unpaired) electrons. The van der Waals surface area contributed by atoms with Crippen molar-refractivity contribution in [2.75, 3.05) is 30.5 Å². The van der Waals surface area contributed by atoms with E-state index in [0.717, 1.165) is 4.47 Å². The second-order valence-electron chi connectivity index (χ2n) is 6.77. The van der Waals surface area contributed by atoms with Crippen molar-refractivity contribution in [1.29, 1.82) is 0 Å². The lowest BCUT2D eigenvalue weighted by atomic mass is 10.1. The van der Waals surface area contributed by atoms with Crippen LogP contribution in [0.4, 0.5) is 11.4 Å². The van der Waals surface area contributed by atoms with Crippen LogP contribution >= 0.6 is 27.5 Å². The Balaban J connectivity index is 1.57. The molecule has 3 rings (SSSR count). The second kappa shape index (κ2) is 9.49. The largest absolute Gasteiger partial charge is 0.495 e. The average Bonchev–Trinajstić information content (AvgIpc) is 3.14. The Hall–Kier alpha value is -2.58. The highest BCUT2D eigenvalue weighted by molar-refractivity contribution is 9.10. The van der Waals surface area contributed by atoms with Crippen molar-refractivity contribution in [1.82, 2.24) is 0 Å². The molecule has 158 valence electrons. The fourth-order valence-electron chi connectivity index (χ4n) is 3.18. The fraction of sp³-hybridized carbons (Fsp3) is 0.286. The van der Waals surface area contributed by atoms with E-state index in [2.05, 4.69) is 21.2 Å². The highest BCUT2D eigenvalue weighted by Gasteiger charge is 2.37. The average molecular weight is 496 g/mol. The van der Waals surface area contributed by atoms with E-state index in [1.54, 1.807) is 43.3 Å². The van der Waals surface area contributed by atoms with E-state index in [-0.39, 0.29) is 18.9 Å². The van der Waals surface area contributed by atoms with Crippen LogP contribution in [0.3, 0.4) is 0 Å². The van der Waals surface area contributed by atoms with E-state index in [9.17, 15) is 14.4 Å². The molecular formula is C21H20BrClN2O5. The number of methoxy groups -OCH3 is 1. The molecule has 1 aliphatic heterocycles. The van der Waals surface area contributed by atoms with Crippen LogP contribution in [-0.4, -0.2) is 38.0 Å². The van der Waals surface area contributed by atoms with Crippen LogP contribution in [0.1, 0.15) is 12.0 Å². The predicted octanol–water partition coefficient (Wildman–Crippen LogP) is 3.95. The van der Waals surface area contributed by atoms with E-state index < -0.39 is 24.4 Å². The predicted molar refractivity (Wildman–Crippen MR) is 117 cm³/mol. The number of nitrogens with zero attached hydrogens (tertiary/aromatic N) is 1. The van der Waals surface area contributed by atoms with Gasteiger partial charge in [0.25, 0.3) is 5.91 Å². The van der Waals surface area contributed by atoms with Gasteiger partial charge in [0, 0.05) is 23.1 Å². The summed E-state index contributed by atoms with van der Waals surface area (Å²) >= 11 is 9.47. The summed E-state index contributed by atoms with van der Waals surface area (Å²) < 4.78 is 11.1. The van der Waals surface area contributed by atoms with Crippen LogP contribution < -0.4 is 15.0 Å². The number of para-hydroxylation sites is 2. The lowest BCUT2D eigenvalue weighted by molar-refractivity contribution is -0.151. The van der Waals surface area contributed by atoms with E-state index in [0.29, 0.717) is 27.7 Å². The quantitative estimate of drug-likeness (QED) is 0.613. The third-order valence-electron chi connectivity index (χ3n) is 4.79. The molecule has 1 fully saturated rings. The summed E-state index contributed by atoms with van der Waals surface area (Å²) in [4.78, 5) is 38.5. The van der Waals surface area contributed by atoms with Gasteiger partial charge in [-0.25, -0.2) is 0 Å². The number of esters is 1. The summed E-state index contributed by atoms with van der Waals surface area (Å²) in [5.74, 6) is -1.40. The van der Waals surface area contributed by atoms with Crippen LogP contribution in [0, 0.1) is 12.8 Å². The minimum absolute atomic E-state index is 0.0138. The van der Waals surface area contributed by atoms with Crippen molar-refractivity contribution in [2.24, 2.45) is 5.92 Å². The van der Waals surface area contributed by atoms with Gasteiger partial charge >= 0.3 is 5.97 Å². The summed E-state index contributed by atoms with van der Waals surface area (Å²) in [6.45, 7) is 1.48. The topological polar surface area (TPSA) is 84.9 Å². The van der Waals surface area contributed by atoms with Gasteiger partial charge in [0.2, 0.25) is 5.91 Å². The number of carbonyl (C=O) groups excluding carboxylic acids is 3. The number of halogens is 2. The zero-order valence-corrected chi connectivity index (χ0v) is 18.7.